The highest BCUT2D eigenvalue weighted by Crippen LogP contribution is 2.46. The van der Waals surface area contributed by atoms with Crippen LogP contribution in [0.1, 0.15) is 23.2 Å². The molecule has 0 atom stereocenters. The van der Waals surface area contributed by atoms with E-state index in [1.54, 1.807) is 30.3 Å². The van der Waals surface area contributed by atoms with E-state index in [1.807, 2.05) is 18.2 Å². The molecule has 7 nitrogen and oxygen atoms in total. The molecule has 1 aliphatic carbocycles. The first-order valence-electron chi connectivity index (χ1n) is 8.86. The first-order chi connectivity index (χ1) is 13.0. The molecule has 142 valence electrons. The molecule has 1 aliphatic heterocycles. The van der Waals surface area contributed by atoms with E-state index in [4.69, 9.17) is 4.74 Å². The van der Waals surface area contributed by atoms with Gasteiger partial charge in [-0.25, -0.2) is 8.61 Å². The predicted octanol–water partition coefficient (Wildman–Crippen LogP) is 2.16. The van der Waals surface area contributed by atoms with Crippen LogP contribution in [-0.4, -0.2) is 40.6 Å². The fourth-order valence-corrected chi connectivity index (χ4v) is 5.27. The van der Waals surface area contributed by atoms with Crippen molar-refractivity contribution in [3.63, 3.8) is 0 Å². The number of methoxy groups -OCH3 is 1. The van der Waals surface area contributed by atoms with E-state index < -0.39 is 10.2 Å². The minimum absolute atomic E-state index is 0.0457. The fourth-order valence-electron chi connectivity index (χ4n) is 3.34. The number of nitrogens with zero attached hydrogens (tertiary/aromatic N) is 2. The largest absolute Gasteiger partial charge is 0.496 e. The Morgan fingerprint density at radius 2 is 1.78 bits per heavy atom. The zero-order valence-electron chi connectivity index (χ0n) is 15.0. The van der Waals surface area contributed by atoms with Crippen LogP contribution in [0.3, 0.4) is 0 Å². The Labute approximate surface area is 158 Å². The second-order valence-electron chi connectivity index (χ2n) is 6.55. The lowest BCUT2D eigenvalue weighted by Gasteiger charge is -2.21. The Balaban J connectivity index is 1.49. The zero-order valence-corrected chi connectivity index (χ0v) is 15.8. The van der Waals surface area contributed by atoms with Gasteiger partial charge in [-0.15, -0.1) is 0 Å². The van der Waals surface area contributed by atoms with Gasteiger partial charge in [0.05, 0.1) is 30.6 Å². The number of rotatable bonds is 6. The van der Waals surface area contributed by atoms with Crippen LogP contribution in [0.2, 0.25) is 0 Å². The average Bonchev–Trinajstić information content (AvgIpc) is 3.47. The van der Waals surface area contributed by atoms with Gasteiger partial charge in [0.15, 0.2) is 0 Å². The zero-order chi connectivity index (χ0) is 19.0. The summed E-state index contributed by atoms with van der Waals surface area (Å²) in [6.07, 6.45) is 1.76. The predicted molar refractivity (Wildman–Crippen MR) is 104 cm³/mol. The number of ether oxygens (including phenoxy) is 1. The number of carbonyl (C=O) groups excluding carboxylic acids is 1. The van der Waals surface area contributed by atoms with Gasteiger partial charge in [0.1, 0.15) is 5.75 Å². The number of fused-ring (bicyclic) bond motifs is 1. The lowest BCUT2D eigenvalue weighted by atomic mass is 10.2. The molecule has 0 radical (unpaired) electrons. The third-order valence-corrected chi connectivity index (χ3v) is 6.67. The van der Waals surface area contributed by atoms with Crippen molar-refractivity contribution >= 4 is 27.5 Å². The molecule has 1 N–H and O–H groups in total. The highest BCUT2D eigenvalue weighted by molar-refractivity contribution is 7.94. The third kappa shape index (κ3) is 3.10. The van der Waals surface area contributed by atoms with Gasteiger partial charge in [-0.2, -0.15) is 8.42 Å². The van der Waals surface area contributed by atoms with Crippen LogP contribution in [0.5, 0.6) is 5.75 Å². The van der Waals surface area contributed by atoms with Gasteiger partial charge < -0.3 is 10.1 Å². The van der Waals surface area contributed by atoms with Crippen LogP contribution < -0.4 is 18.7 Å². The first kappa shape index (κ1) is 17.7. The molecule has 1 amide bonds. The van der Waals surface area contributed by atoms with Gasteiger partial charge in [0, 0.05) is 12.6 Å². The smallest absolute Gasteiger partial charge is 0.326 e. The van der Waals surface area contributed by atoms with Crippen molar-refractivity contribution in [2.75, 3.05) is 28.8 Å². The summed E-state index contributed by atoms with van der Waals surface area (Å²) >= 11 is 0. The van der Waals surface area contributed by atoms with Gasteiger partial charge in [0.2, 0.25) is 0 Å². The Morgan fingerprint density at radius 3 is 2.48 bits per heavy atom. The quantitative estimate of drug-likeness (QED) is 0.824. The number of hydrogen-bond donors (Lipinski definition) is 1. The van der Waals surface area contributed by atoms with Crippen LogP contribution in [-0.2, 0) is 10.2 Å². The fraction of sp³-hybridized carbons (Fsp3) is 0.316. The van der Waals surface area contributed by atoms with E-state index in [1.165, 1.54) is 15.7 Å². The molecule has 0 spiro atoms. The number of para-hydroxylation sites is 3. The van der Waals surface area contributed by atoms with Crippen molar-refractivity contribution in [1.82, 2.24) is 5.32 Å². The third-order valence-electron chi connectivity index (χ3n) is 4.75. The molecule has 2 aromatic rings. The van der Waals surface area contributed by atoms with E-state index in [2.05, 4.69) is 5.32 Å². The molecule has 0 saturated heterocycles. The summed E-state index contributed by atoms with van der Waals surface area (Å²) in [4.78, 5) is 12.4. The molecular formula is C19H21N3O4S. The number of anilines is 2. The van der Waals surface area contributed by atoms with Crippen LogP contribution in [0.4, 0.5) is 11.4 Å². The van der Waals surface area contributed by atoms with Crippen molar-refractivity contribution in [1.29, 1.82) is 0 Å². The summed E-state index contributed by atoms with van der Waals surface area (Å²) < 4.78 is 34.1. The SMILES string of the molecule is COc1ccccc1C(=O)NCCN1c2ccccc2N(C2CC2)S1(=O)=O. The maximum Gasteiger partial charge on any atom is 0.326 e. The van der Waals surface area contributed by atoms with Gasteiger partial charge in [0.25, 0.3) is 5.91 Å². The summed E-state index contributed by atoms with van der Waals surface area (Å²) in [5.74, 6) is 0.186. The van der Waals surface area contributed by atoms with Crippen LogP contribution in [0, 0.1) is 0 Å². The second kappa shape index (κ2) is 6.77. The van der Waals surface area contributed by atoms with E-state index in [-0.39, 0.29) is 25.0 Å². The summed E-state index contributed by atoms with van der Waals surface area (Å²) in [5, 5.41) is 2.79. The molecule has 0 aromatic heterocycles. The van der Waals surface area contributed by atoms with Crippen molar-refractivity contribution in [2.24, 2.45) is 0 Å². The van der Waals surface area contributed by atoms with Gasteiger partial charge in [-0.1, -0.05) is 24.3 Å². The number of hydrogen-bond acceptors (Lipinski definition) is 4. The molecule has 8 heteroatoms. The highest BCUT2D eigenvalue weighted by atomic mass is 32.2. The number of benzene rings is 2. The van der Waals surface area contributed by atoms with Crippen LogP contribution in [0.15, 0.2) is 48.5 Å². The van der Waals surface area contributed by atoms with Crippen molar-refractivity contribution in [3.05, 3.63) is 54.1 Å². The lowest BCUT2D eigenvalue weighted by Crippen LogP contribution is -2.42. The highest BCUT2D eigenvalue weighted by Gasteiger charge is 2.47. The second-order valence-corrected chi connectivity index (χ2v) is 8.28. The Hall–Kier alpha value is -2.74. The van der Waals surface area contributed by atoms with Crippen molar-refractivity contribution < 1.29 is 17.9 Å². The van der Waals surface area contributed by atoms with E-state index in [0.29, 0.717) is 17.0 Å². The molecule has 0 unspecified atom stereocenters. The molecule has 1 saturated carbocycles. The maximum absolute atomic E-state index is 13.0. The van der Waals surface area contributed by atoms with Crippen molar-refractivity contribution in [2.45, 2.75) is 18.9 Å². The summed E-state index contributed by atoms with van der Waals surface area (Å²) in [7, 11) is -2.10. The maximum atomic E-state index is 13.0. The minimum Gasteiger partial charge on any atom is -0.496 e. The van der Waals surface area contributed by atoms with E-state index in [9.17, 15) is 13.2 Å². The van der Waals surface area contributed by atoms with Crippen LogP contribution in [0.25, 0.3) is 0 Å². The molecule has 4 rings (SSSR count). The number of nitrogens with one attached hydrogen (secondary N) is 1. The molecule has 2 aliphatic rings. The average molecular weight is 387 g/mol. The molecule has 27 heavy (non-hydrogen) atoms. The van der Waals surface area contributed by atoms with Gasteiger partial charge in [-0.3, -0.25) is 4.79 Å². The van der Waals surface area contributed by atoms with E-state index >= 15 is 0 Å². The normalized spacial score (nSPS) is 17.5. The monoisotopic (exact) mass is 387 g/mol. The van der Waals surface area contributed by atoms with Gasteiger partial charge >= 0.3 is 10.2 Å². The standard InChI is InChI=1S/C19H21N3O4S/c1-26-18-9-5-2-6-15(18)19(23)20-12-13-21-16-7-3-4-8-17(16)22(14-10-11-14)27(21,24)25/h2-9,14H,10-13H2,1H3,(H,20,23). The Bertz CT molecular complexity index is 972. The Morgan fingerprint density at radius 1 is 1.11 bits per heavy atom. The molecular weight excluding hydrogens is 366 g/mol. The minimum atomic E-state index is -3.61. The number of amides is 1. The van der Waals surface area contributed by atoms with Crippen molar-refractivity contribution in [3.8, 4) is 5.75 Å². The van der Waals surface area contributed by atoms with Crippen LogP contribution >= 0.6 is 0 Å². The molecule has 2 aromatic carbocycles. The first-order valence-corrected chi connectivity index (χ1v) is 10.3. The topological polar surface area (TPSA) is 79.0 Å². The summed E-state index contributed by atoms with van der Waals surface area (Å²) in [6.45, 7) is 0.367. The molecule has 0 bridgehead atoms. The number of carbonyl (C=O) groups is 1. The van der Waals surface area contributed by atoms with E-state index in [0.717, 1.165) is 18.5 Å². The Kier molecular flexibility index (Phi) is 4.43. The molecule has 1 fully saturated rings. The summed E-state index contributed by atoms with van der Waals surface area (Å²) in [5.41, 5.74) is 1.80. The summed E-state index contributed by atoms with van der Waals surface area (Å²) in [6, 6.07) is 14.3. The van der Waals surface area contributed by atoms with Gasteiger partial charge in [-0.05, 0) is 37.1 Å². The lowest BCUT2D eigenvalue weighted by molar-refractivity contribution is 0.0952. The molecule has 1 heterocycles.